The molecule has 1 fully saturated rings. The number of ether oxygens (including phenoxy) is 1. The fourth-order valence-electron chi connectivity index (χ4n) is 2.42. The molecular weight excluding hydrogens is 230 g/mol. The summed E-state index contributed by atoms with van der Waals surface area (Å²) in [5.41, 5.74) is 6.54. The van der Waals surface area contributed by atoms with Gasteiger partial charge in [-0.2, -0.15) is 0 Å². The number of nitrogens with two attached hydrogens (primary N) is 1. The van der Waals surface area contributed by atoms with Crippen molar-refractivity contribution >= 4 is 11.8 Å². The maximum atomic E-state index is 11.5. The van der Waals surface area contributed by atoms with E-state index in [1.54, 1.807) is 18.3 Å². The number of hydrogen-bond acceptors (Lipinski definition) is 5. The molecular formula is C13H19N3O2. The van der Waals surface area contributed by atoms with E-state index in [4.69, 9.17) is 10.5 Å². The molecule has 2 N–H and O–H groups in total. The van der Waals surface area contributed by atoms with Gasteiger partial charge in [-0.1, -0.05) is 6.92 Å². The molecule has 5 heteroatoms. The van der Waals surface area contributed by atoms with Crippen LogP contribution in [0.15, 0.2) is 18.3 Å². The molecule has 5 nitrogen and oxygen atoms in total. The molecule has 98 valence electrons. The van der Waals surface area contributed by atoms with Crippen molar-refractivity contribution in [3.63, 3.8) is 0 Å². The first kappa shape index (κ1) is 12.8. The SMILES string of the molecule is COC(=O)c1ccnc(N2CC(C)CC(N)C2)c1. The van der Waals surface area contributed by atoms with Crippen molar-refractivity contribution in [3.05, 3.63) is 23.9 Å². The van der Waals surface area contributed by atoms with Crippen molar-refractivity contribution in [2.24, 2.45) is 11.7 Å². The van der Waals surface area contributed by atoms with Crippen LogP contribution in [0.3, 0.4) is 0 Å². The van der Waals surface area contributed by atoms with E-state index in [1.165, 1.54) is 7.11 Å². The largest absolute Gasteiger partial charge is 0.465 e. The lowest BCUT2D eigenvalue weighted by atomic mass is 9.96. The molecule has 18 heavy (non-hydrogen) atoms. The Kier molecular flexibility index (Phi) is 3.81. The summed E-state index contributed by atoms with van der Waals surface area (Å²) in [4.78, 5) is 17.9. The van der Waals surface area contributed by atoms with Crippen molar-refractivity contribution < 1.29 is 9.53 Å². The second-order valence-corrected chi connectivity index (χ2v) is 4.90. The van der Waals surface area contributed by atoms with E-state index in [0.29, 0.717) is 11.5 Å². The van der Waals surface area contributed by atoms with Crippen LogP contribution >= 0.6 is 0 Å². The Labute approximate surface area is 107 Å². The van der Waals surface area contributed by atoms with Crippen LogP contribution in [-0.2, 0) is 4.74 Å². The highest BCUT2D eigenvalue weighted by atomic mass is 16.5. The molecule has 1 aliphatic heterocycles. The van der Waals surface area contributed by atoms with Crippen LogP contribution in [0.5, 0.6) is 0 Å². The Morgan fingerprint density at radius 1 is 1.56 bits per heavy atom. The van der Waals surface area contributed by atoms with Crippen LogP contribution in [0.1, 0.15) is 23.7 Å². The van der Waals surface area contributed by atoms with Crippen LogP contribution in [0, 0.1) is 5.92 Å². The zero-order valence-electron chi connectivity index (χ0n) is 10.8. The smallest absolute Gasteiger partial charge is 0.338 e. The van der Waals surface area contributed by atoms with E-state index in [1.807, 2.05) is 0 Å². The van der Waals surface area contributed by atoms with Crippen LogP contribution in [0.4, 0.5) is 5.82 Å². The van der Waals surface area contributed by atoms with Gasteiger partial charge in [-0.05, 0) is 24.5 Å². The molecule has 2 atom stereocenters. The predicted molar refractivity (Wildman–Crippen MR) is 69.5 cm³/mol. The van der Waals surface area contributed by atoms with E-state index in [-0.39, 0.29) is 12.0 Å². The quantitative estimate of drug-likeness (QED) is 0.793. The first-order valence-corrected chi connectivity index (χ1v) is 6.15. The second kappa shape index (κ2) is 5.35. The molecule has 2 unspecified atom stereocenters. The van der Waals surface area contributed by atoms with Crippen LogP contribution in [0.25, 0.3) is 0 Å². The average Bonchev–Trinajstić information content (AvgIpc) is 2.37. The number of rotatable bonds is 2. The Bertz CT molecular complexity index is 426. The maximum Gasteiger partial charge on any atom is 0.338 e. The number of pyridine rings is 1. The van der Waals surface area contributed by atoms with Gasteiger partial charge in [0.1, 0.15) is 5.82 Å². The van der Waals surface area contributed by atoms with Crippen molar-refractivity contribution in [2.75, 3.05) is 25.1 Å². The molecule has 1 aromatic rings. The number of aromatic nitrogens is 1. The standard InChI is InChI=1S/C13H19N3O2/c1-9-5-11(14)8-16(7-9)12-6-10(3-4-15-12)13(17)18-2/h3-4,6,9,11H,5,7-8,14H2,1-2H3. The van der Waals surface area contributed by atoms with Gasteiger partial charge >= 0.3 is 5.97 Å². The number of anilines is 1. The summed E-state index contributed by atoms with van der Waals surface area (Å²) in [6.07, 6.45) is 2.67. The van der Waals surface area contributed by atoms with Crippen molar-refractivity contribution in [2.45, 2.75) is 19.4 Å². The first-order valence-electron chi connectivity index (χ1n) is 6.15. The number of carbonyl (C=O) groups excluding carboxylic acids is 1. The molecule has 0 amide bonds. The van der Waals surface area contributed by atoms with Gasteiger partial charge in [0.05, 0.1) is 12.7 Å². The van der Waals surface area contributed by atoms with E-state index >= 15 is 0 Å². The van der Waals surface area contributed by atoms with Gasteiger partial charge in [0.15, 0.2) is 0 Å². The summed E-state index contributed by atoms with van der Waals surface area (Å²) >= 11 is 0. The molecule has 1 saturated heterocycles. The first-order chi connectivity index (χ1) is 8.60. The summed E-state index contributed by atoms with van der Waals surface area (Å²) in [7, 11) is 1.38. The Balaban J connectivity index is 2.20. The molecule has 2 rings (SSSR count). The highest BCUT2D eigenvalue weighted by Gasteiger charge is 2.23. The topological polar surface area (TPSA) is 68.5 Å². The lowest BCUT2D eigenvalue weighted by Crippen LogP contribution is -2.46. The highest BCUT2D eigenvalue weighted by molar-refractivity contribution is 5.90. The molecule has 0 aliphatic carbocycles. The average molecular weight is 249 g/mol. The number of carbonyl (C=O) groups is 1. The third-order valence-corrected chi connectivity index (χ3v) is 3.18. The van der Waals surface area contributed by atoms with Crippen molar-refractivity contribution in [1.82, 2.24) is 4.98 Å². The lowest BCUT2D eigenvalue weighted by molar-refractivity contribution is 0.0600. The number of nitrogens with zero attached hydrogens (tertiary/aromatic N) is 2. The van der Waals surface area contributed by atoms with Crippen LogP contribution < -0.4 is 10.6 Å². The van der Waals surface area contributed by atoms with Gasteiger partial charge in [0.2, 0.25) is 0 Å². The summed E-state index contributed by atoms with van der Waals surface area (Å²) in [6.45, 7) is 3.88. The van der Waals surface area contributed by atoms with Gasteiger partial charge in [0, 0.05) is 25.3 Å². The number of piperidine rings is 1. The molecule has 0 bridgehead atoms. The summed E-state index contributed by atoms with van der Waals surface area (Å²) in [5.74, 6) is 0.991. The fraction of sp³-hybridized carbons (Fsp3) is 0.538. The third kappa shape index (κ3) is 2.79. The van der Waals surface area contributed by atoms with E-state index in [0.717, 1.165) is 25.3 Å². The van der Waals surface area contributed by atoms with Gasteiger partial charge in [-0.25, -0.2) is 9.78 Å². The second-order valence-electron chi connectivity index (χ2n) is 4.90. The fourth-order valence-corrected chi connectivity index (χ4v) is 2.42. The summed E-state index contributed by atoms with van der Waals surface area (Å²) < 4.78 is 4.71. The van der Waals surface area contributed by atoms with E-state index in [2.05, 4.69) is 16.8 Å². The normalized spacial score (nSPS) is 23.8. The molecule has 1 aromatic heterocycles. The molecule has 0 saturated carbocycles. The Morgan fingerprint density at radius 2 is 2.33 bits per heavy atom. The van der Waals surface area contributed by atoms with Crippen molar-refractivity contribution in [3.8, 4) is 0 Å². The molecule has 1 aliphatic rings. The minimum absolute atomic E-state index is 0.164. The van der Waals surface area contributed by atoms with E-state index in [9.17, 15) is 4.79 Å². The van der Waals surface area contributed by atoms with Gasteiger partial charge in [-0.3, -0.25) is 0 Å². The Morgan fingerprint density at radius 3 is 3.00 bits per heavy atom. The zero-order valence-corrected chi connectivity index (χ0v) is 10.8. The van der Waals surface area contributed by atoms with E-state index < -0.39 is 0 Å². The number of hydrogen-bond donors (Lipinski definition) is 1. The number of methoxy groups -OCH3 is 1. The predicted octanol–water partition coefficient (Wildman–Crippen LogP) is 1.04. The van der Waals surface area contributed by atoms with Gasteiger partial charge in [-0.15, -0.1) is 0 Å². The maximum absolute atomic E-state index is 11.5. The van der Waals surface area contributed by atoms with Gasteiger partial charge < -0.3 is 15.4 Å². The highest BCUT2D eigenvalue weighted by Crippen LogP contribution is 2.21. The van der Waals surface area contributed by atoms with Gasteiger partial charge in [0.25, 0.3) is 0 Å². The molecule has 2 heterocycles. The van der Waals surface area contributed by atoms with Crippen molar-refractivity contribution in [1.29, 1.82) is 0 Å². The summed E-state index contributed by atoms with van der Waals surface area (Å²) in [6, 6.07) is 3.58. The lowest BCUT2D eigenvalue weighted by Gasteiger charge is -2.35. The molecule has 0 spiro atoms. The number of esters is 1. The van der Waals surface area contributed by atoms with Crippen LogP contribution in [-0.4, -0.2) is 37.2 Å². The Hall–Kier alpha value is -1.62. The third-order valence-electron chi connectivity index (χ3n) is 3.18. The minimum atomic E-state index is -0.340. The molecule has 0 radical (unpaired) electrons. The molecule has 0 aromatic carbocycles. The van der Waals surface area contributed by atoms with Crippen LogP contribution in [0.2, 0.25) is 0 Å². The monoisotopic (exact) mass is 249 g/mol. The summed E-state index contributed by atoms with van der Waals surface area (Å²) in [5, 5.41) is 0. The zero-order chi connectivity index (χ0) is 13.1. The minimum Gasteiger partial charge on any atom is -0.465 e.